The van der Waals surface area contributed by atoms with Crippen LogP contribution >= 0.6 is 0 Å². The quantitative estimate of drug-likeness (QED) is 0.772. The van der Waals surface area contributed by atoms with E-state index in [1.165, 1.54) is 51.4 Å². The Bertz CT molecular complexity index is 431. The summed E-state index contributed by atoms with van der Waals surface area (Å²) in [7, 11) is 0. The van der Waals surface area contributed by atoms with Gasteiger partial charge in [0, 0.05) is 6.61 Å². The van der Waals surface area contributed by atoms with Gasteiger partial charge in [-0.3, -0.25) is 0 Å². The number of hydrogen-bond acceptors (Lipinski definition) is 2. The highest BCUT2D eigenvalue weighted by Gasteiger charge is 2.64. The highest BCUT2D eigenvalue weighted by Crippen LogP contribution is 2.71. The summed E-state index contributed by atoms with van der Waals surface area (Å²) in [5.41, 5.74) is 0.407. The monoisotopic (exact) mass is 292 g/mol. The van der Waals surface area contributed by atoms with Crippen LogP contribution in [0.5, 0.6) is 0 Å². The summed E-state index contributed by atoms with van der Waals surface area (Å²) in [5, 5.41) is 20.7. The van der Waals surface area contributed by atoms with Crippen LogP contribution in [-0.2, 0) is 0 Å². The van der Waals surface area contributed by atoms with Crippen molar-refractivity contribution in [3.8, 4) is 0 Å². The first kappa shape index (κ1) is 14.5. The lowest BCUT2D eigenvalue weighted by Crippen LogP contribution is -2.58. The van der Waals surface area contributed by atoms with Crippen molar-refractivity contribution in [2.45, 2.75) is 77.2 Å². The maximum atomic E-state index is 11.0. The molecule has 0 aromatic rings. The Kier molecular flexibility index (Phi) is 3.09. The lowest BCUT2D eigenvalue weighted by molar-refractivity contribution is -0.180. The van der Waals surface area contributed by atoms with E-state index in [2.05, 4.69) is 13.8 Å². The van der Waals surface area contributed by atoms with Gasteiger partial charge in [-0.25, -0.2) is 0 Å². The van der Waals surface area contributed by atoms with E-state index in [0.717, 1.165) is 18.3 Å². The Morgan fingerprint density at radius 3 is 2.52 bits per heavy atom. The van der Waals surface area contributed by atoms with Gasteiger partial charge in [0.2, 0.25) is 0 Å². The normalized spacial score (nSPS) is 59.4. The van der Waals surface area contributed by atoms with E-state index in [4.69, 9.17) is 0 Å². The Labute approximate surface area is 129 Å². The van der Waals surface area contributed by atoms with Gasteiger partial charge < -0.3 is 10.2 Å². The number of hydrogen-bond donors (Lipinski definition) is 2. The molecule has 0 aromatic heterocycles. The minimum absolute atomic E-state index is 0.343. The van der Waals surface area contributed by atoms with E-state index in [1.54, 1.807) is 0 Å². The lowest BCUT2D eigenvalue weighted by atomic mass is 9.43. The second-order valence-electron chi connectivity index (χ2n) is 9.41. The zero-order chi connectivity index (χ0) is 14.9. The fourth-order valence-corrected chi connectivity index (χ4v) is 7.77. The minimum atomic E-state index is -0.444. The molecular formula is C19H32O2. The summed E-state index contributed by atoms with van der Waals surface area (Å²) in [5.74, 6) is 2.65. The number of fused-ring (bicyclic) bond motifs is 3. The maximum Gasteiger partial charge on any atom is 0.0653 e. The standard InChI is InChI=1S/C19H32O2/c1-17-7-3-8-18(2,21)15(17)6-9-19-10-13(4-5-16(17)19)14(11-19)12-20/h13-16,20-21H,3-12H2,1-2H3/t13-,14-,15+,16+,17-,18+,19+/m0/s1. The predicted molar refractivity (Wildman–Crippen MR) is 83.8 cm³/mol. The van der Waals surface area contributed by atoms with Crippen molar-refractivity contribution in [1.29, 1.82) is 0 Å². The van der Waals surface area contributed by atoms with Crippen molar-refractivity contribution in [3.05, 3.63) is 0 Å². The summed E-state index contributed by atoms with van der Waals surface area (Å²) in [6, 6.07) is 0. The molecule has 0 saturated heterocycles. The molecule has 4 fully saturated rings. The third-order valence-electron chi connectivity index (χ3n) is 8.48. The molecule has 0 aliphatic heterocycles. The van der Waals surface area contributed by atoms with Gasteiger partial charge in [0.1, 0.15) is 0 Å². The van der Waals surface area contributed by atoms with Gasteiger partial charge in [-0.2, -0.15) is 0 Å². The van der Waals surface area contributed by atoms with Crippen LogP contribution in [0, 0.1) is 34.5 Å². The van der Waals surface area contributed by atoms with E-state index in [1.807, 2.05) is 0 Å². The fraction of sp³-hybridized carbons (Fsp3) is 1.00. The van der Waals surface area contributed by atoms with Crippen LogP contribution < -0.4 is 0 Å². The third-order valence-corrected chi connectivity index (χ3v) is 8.48. The van der Waals surface area contributed by atoms with Crippen molar-refractivity contribution < 1.29 is 10.2 Å². The zero-order valence-electron chi connectivity index (χ0n) is 13.8. The van der Waals surface area contributed by atoms with Crippen LogP contribution in [0.15, 0.2) is 0 Å². The topological polar surface area (TPSA) is 40.5 Å². The van der Waals surface area contributed by atoms with E-state index in [9.17, 15) is 10.2 Å². The maximum absolute atomic E-state index is 11.0. The smallest absolute Gasteiger partial charge is 0.0653 e. The van der Waals surface area contributed by atoms with Crippen LogP contribution in [0.3, 0.4) is 0 Å². The molecule has 0 unspecified atom stereocenters. The van der Waals surface area contributed by atoms with E-state index >= 15 is 0 Å². The van der Waals surface area contributed by atoms with E-state index in [0.29, 0.717) is 29.3 Å². The molecule has 21 heavy (non-hydrogen) atoms. The second kappa shape index (κ2) is 4.47. The average molecular weight is 292 g/mol. The lowest BCUT2D eigenvalue weighted by Gasteiger charge is -2.63. The molecule has 0 heterocycles. The molecule has 2 nitrogen and oxygen atoms in total. The largest absolute Gasteiger partial charge is 0.396 e. The first-order valence-electron chi connectivity index (χ1n) is 9.25. The SMILES string of the molecule is C[C@]12CCC[C@@](C)(O)[C@@H]1CC[C@@]13C[C@@H](CO)[C@@H](CC[C@@H]12)C3. The molecule has 0 aromatic carbocycles. The molecule has 1 spiro atoms. The molecule has 120 valence electrons. The van der Waals surface area contributed by atoms with Crippen molar-refractivity contribution in [2.24, 2.45) is 34.5 Å². The molecule has 4 aliphatic carbocycles. The van der Waals surface area contributed by atoms with Gasteiger partial charge in [-0.15, -0.1) is 0 Å². The summed E-state index contributed by atoms with van der Waals surface area (Å²) in [4.78, 5) is 0. The first-order chi connectivity index (χ1) is 9.91. The molecule has 2 N–H and O–H groups in total. The van der Waals surface area contributed by atoms with Crippen LogP contribution in [0.4, 0.5) is 0 Å². The van der Waals surface area contributed by atoms with Gasteiger partial charge in [0.25, 0.3) is 0 Å². The Balaban J connectivity index is 1.70. The van der Waals surface area contributed by atoms with Crippen LogP contribution in [-0.4, -0.2) is 22.4 Å². The molecule has 2 heteroatoms. The highest BCUT2D eigenvalue weighted by molar-refractivity contribution is 5.13. The van der Waals surface area contributed by atoms with Gasteiger partial charge >= 0.3 is 0 Å². The van der Waals surface area contributed by atoms with Gasteiger partial charge in [-0.05, 0) is 92.8 Å². The minimum Gasteiger partial charge on any atom is -0.396 e. The molecule has 4 saturated carbocycles. The van der Waals surface area contributed by atoms with E-state index in [-0.39, 0.29) is 0 Å². The number of aliphatic hydroxyl groups is 2. The van der Waals surface area contributed by atoms with E-state index < -0.39 is 5.60 Å². The molecule has 0 amide bonds. The van der Waals surface area contributed by atoms with Crippen molar-refractivity contribution in [3.63, 3.8) is 0 Å². The summed E-state index contributed by atoms with van der Waals surface area (Å²) >= 11 is 0. The van der Waals surface area contributed by atoms with Crippen molar-refractivity contribution in [1.82, 2.24) is 0 Å². The summed E-state index contributed by atoms with van der Waals surface area (Å²) < 4.78 is 0. The Hall–Kier alpha value is -0.0800. The van der Waals surface area contributed by atoms with Gasteiger partial charge in [0.05, 0.1) is 5.60 Å². The van der Waals surface area contributed by atoms with Gasteiger partial charge in [0.15, 0.2) is 0 Å². The highest BCUT2D eigenvalue weighted by atomic mass is 16.3. The third kappa shape index (κ3) is 1.84. The Morgan fingerprint density at radius 1 is 0.952 bits per heavy atom. The molecule has 7 atom stereocenters. The zero-order valence-corrected chi connectivity index (χ0v) is 13.8. The second-order valence-corrected chi connectivity index (χ2v) is 9.41. The molecule has 4 rings (SSSR count). The average Bonchev–Trinajstić information content (AvgIpc) is 2.68. The molecular weight excluding hydrogens is 260 g/mol. The number of rotatable bonds is 1. The summed E-state index contributed by atoms with van der Waals surface area (Å²) in [6.07, 6.45) is 11.3. The molecule has 4 aliphatic rings. The van der Waals surface area contributed by atoms with Gasteiger partial charge in [-0.1, -0.05) is 13.3 Å². The summed E-state index contributed by atoms with van der Waals surface area (Å²) in [6.45, 7) is 5.00. The fourth-order valence-electron chi connectivity index (χ4n) is 7.77. The predicted octanol–water partition coefficient (Wildman–Crippen LogP) is 3.75. The van der Waals surface area contributed by atoms with Crippen LogP contribution in [0.1, 0.15) is 71.6 Å². The van der Waals surface area contributed by atoms with Crippen molar-refractivity contribution >= 4 is 0 Å². The van der Waals surface area contributed by atoms with Crippen LogP contribution in [0.25, 0.3) is 0 Å². The first-order valence-corrected chi connectivity index (χ1v) is 9.25. The number of aliphatic hydroxyl groups excluding tert-OH is 1. The molecule has 2 bridgehead atoms. The molecule has 0 radical (unpaired) electrons. The Morgan fingerprint density at radius 2 is 1.76 bits per heavy atom. The van der Waals surface area contributed by atoms with Crippen LogP contribution in [0.2, 0.25) is 0 Å². The van der Waals surface area contributed by atoms with Crippen molar-refractivity contribution in [2.75, 3.05) is 6.61 Å².